The third kappa shape index (κ3) is 11.2. The first-order valence-corrected chi connectivity index (χ1v) is 13.9. The van der Waals surface area contributed by atoms with Crippen LogP contribution in [-0.4, -0.2) is 115 Å². The van der Waals surface area contributed by atoms with Crippen LogP contribution >= 0.6 is 31.9 Å². The Morgan fingerprint density at radius 1 is 0.735 bits per heavy atom. The van der Waals surface area contributed by atoms with E-state index in [9.17, 15) is 39.1 Å². The van der Waals surface area contributed by atoms with Crippen LogP contribution in [0.15, 0.2) is 29.2 Å². The van der Waals surface area contributed by atoms with Gasteiger partial charge in [-0.05, 0) is 25.5 Å². The van der Waals surface area contributed by atoms with Gasteiger partial charge in [0.2, 0.25) is 0 Å². The second-order valence-electron chi connectivity index (χ2n) is 7.50. The van der Waals surface area contributed by atoms with E-state index in [1.165, 1.54) is 12.1 Å². The Hall–Kier alpha value is -0.230. The van der Waals surface area contributed by atoms with Crippen molar-refractivity contribution in [1.29, 1.82) is 0 Å². The normalized spacial score (nSPS) is 19.1. The van der Waals surface area contributed by atoms with Crippen LogP contribution in [0.5, 0.6) is 0 Å². The molecule has 34 heavy (non-hydrogen) atoms. The highest BCUT2D eigenvalue weighted by Gasteiger charge is 2.31. The van der Waals surface area contributed by atoms with Gasteiger partial charge >= 0.3 is 0 Å². The summed E-state index contributed by atoms with van der Waals surface area (Å²) in [6.07, 6.45) is -10.8. The van der Waals surface area contributed by atoms with Crippen LogP contribution in [0.4, 0.5) is 0 Å². The molecule has 0 bridgehead atoms. The number of aliphatic hydroxyl groups is 8. The smallest absolute Gasteiger partial charge is 0.297 e. The van der Waals surface area contributed by atoms with Crippen LogP contribution in [0.2, 0.25) is 0 Å². The fraction of sp³-hybridized carbons (Fsp3) is 0.700. The van der Waals surface area contributed by atoms with Gasteiger partial charge in [0, 0.05) is 10.7 Å². The second-order valence-corrected chi connectivity index (χ2v) is 10.4. The van der Waals surface area contributed by atoms with Crippen molar-refractivity contribution in [2.75, 3.05) is 17.3 Å². The highest BCUT2D eigenvalue weighted by molar-refractivity contribution is 9.09. The molecular formula is C20H34Br2O11S. The van der Waals surface area contributed by atoms with Gasteiger partial charge in [-0.15, -0.1) is 0 Å². The SMILES string of the molecule is CC[C@@H](O)[C@H](O)[C@@H](O)[C@H](O)COS(=O)(=O)c1ccc(C)cc1.O[C@H]([C@@H](O)[C@H](O)CBr)[C@H](O)CBr. The number of rotatable bonds is 13. The zero-order valence-corrected chi connectivity index (χ0v) is 22.7. The third-order valence-corrected chi connectivity index (χ3v) is 7.34. The van der Waals surface area contributed by atoms with Crippen molar-refractivity contribution in [3.63, 3.8) is 0 Å². The molecule has 0 aliphatic heterocycles. The van der Waals surface area contributed by atoms with Gasteiger partial charge in [0.25, 0.3) is 10.1 Å². The molecule has 8 atom stereocenters. The molecule has 0 aliphatic rings. The molecule has 1 rings (SSSR count). The Balaban J connectivity index is 0.000000770. The lowest BCUT2D eigenvalue weighted by Gasteiger charge is -2.25. The minimum Gasteiger partial charge on any atom is -0.390 e. The Morgan fingerprint density at radius 3 is 1.50 bits per heavy atom. The fourth-order valence-corrected chi connectivity index (χ4v) is 4.06. The number of benzene rings is 1. The Kier molecular flexibility index (Phi) is 16.4. The summed E-state index contributed by atoms with van der Waals surface area (Å²) in [5.41, 5.74) is 0.881. The van der Waals surface area contributed by atoms with E-state index >= 15 is 0 Å². The van der Waals surface area contributed by atoms with E-state index in [1.54, 1.807) is 26.0 Å². The van der Waals surface area contributed by atoms with Gasteiger partial charge in [-0.3, -0.25) is 4.18 Å². The molecule has 0 unspecified atom stereocenters. The Bertz CT molecular complexity index is 767. The number of hydrogen-bond donors (Lipinski definition) is 8. The zero-order chi connectivity index (χ0) is 26.6. The Labute approximate surface area is 216 Å². The molecule has 0 aromatic heterocycles. The van der Waals surface area contributed by atoms with E-state index in [0.717, 1.165) is 5.56 Å². The minimum absolute atomic E-state index is 0.0751. The van der Waals surface area contributed by atoms with Crippen molar-refractivity contribution in [3.8, 4) is 0 Å². The molecule has 0 aliphatic carbocycles. The molecule has 0 heterocycles. The summed E-state index contributed by atoms with van der Waals surface area (Å²) in [5, 5.41) is 75.1. The maximum atomic E-state index is 11.9. The number of aryl methyl sites for hydroxylation is 1. The molecule has 14 heteroatoms. The first-order chi connectivity index (χ1) is 15.7. The van der Waals surface area contributed by atoms with Crippen molar-refractivity contribution in [3.05, 3.63) is 29.8 Å². The first kappa shape index (κ1) is 33.8. The molecule has 0 amide bonds. The minimum atomic E-state index is -4.07. The predicted molar refractivity (Wildman–Crippen MR) is 130 cm³/mol. The first-order valence-electron chi connectivity index (χ1n) is 10.3. The topological polar surface area (TPSA) is 205 Å². The monoisotopic (exact) mass is 640 g/mol. The molecule has 0 saturated carbocycles. The van der Waals surface area contributed by atoms with Gasteiger partial charge in [-0.2, -0.15) is 8.42 Å². The van der Waals surface area contributed by atoms with Gasteiger partial charge in [0.15, 0.2) is 0 Å². The summed E-state index contributed by atoms with van der Waals surface area (Å²) in [4.78, 5) is -0.0751. The van der Waals surface area contributed by atoms with E-state index in [-0.39, 0.29) is 22.0 Å². The van der Waals surface area contributed by atoms with Crippen molar-refractivity contribution in [1.82, 2.24) is 0 Å². The van der Waals surface area contributed by atoms with Crippen LogP contribution in [0.3, 0.4) is 0 Å². The highest BCUT2D eigenvalue weighted by atomic mass is 79.9. The van der Waals surface area contributed by atoms with E-state index in [2.05, 4.69) is 36.0 Å². The maximum Gasteiger partial charge on any atom is 0.297 e. The van der Waals surface area contributed by atoms with Crippen LogP contribution in [-0.2, 0) is 14.3 Å². The summed E-state index contributed by atoms with van der Waals surface area (Å²) < 4.78 is 28.5. The van der Waals surface area contributed by atoms with Gasteiger partial charge in [-0.25, -0.2) is 0 Å². The second kappa shape index (κ2) is 16.5. The van der Waals surface area contributed by atoms with Crippen molar-refractivity contribution in [2.45, 2.75) is 74.0 Å². The lowest BCUT2D eigenvalue weighted by molar-refractivity contribution is -0.112. The van der Waals surface area contributed by atoms with E-state index in [4.69, 9.17) is 10.2 Å². The highest BCUT2D eigenvalue weighted by Crippen LogP contribution is 2.15. The molecule has 200 valence electrons. The lowest BCUT2D eigenvalue weighted by atomic mass is 10.0. The van der Waals surface area contributed by atoms with Crippen LogP contribution in [0.1, 0.15) is 18.9 Å². The Morgan fingerprint density at radius 2 is 1.12 bits per heavy atom. The number of aliphatic hydroxyl groups excluding tert-OH is 8. The summed E-state index contributed by atoms with van der Waals surface area (Å²) >= 11 is 5.88. The molecule has 1 aromatic rings. The molecule has 8 N–H and O–H groups in total. The fourth-order valence-electron chi connectivity index (χ4n) is 2.37. The molecule has 0 radical (unpaired) electrons. The van der Waals surface area contributed by atoms with Gasteiger partial charge in [-0.1, -0.05) is 56.5 Å². The van der Waals surface area contributed by atoms with E-state index < -0.39 is 65.6 Å². The predicted octanol–water partition coefficient (Wildman–Crippen LogP) is -1.23. The van der Waals surface area contributed by atoms with Gasteiger partial charge in [0.1, 0.15) is 30.5 Å². The van der Waals surface area contributed by atoms with Gasteiger partial charge in [0.05, 0.1) is 29.8 Å². The largest absolute Gasteiger partial charge is 0.390 e. The van der Waals surface area contributed by atoms with Gasteiger partial charge < -0.3 is 40.9 Å². The van der Waals surface area contributed by atoms with Crippen molar-refractivity contribution < 1.29 is 53.5 Å². The quantitative estimate of drug-likeness (QED) is 0.0946. The summed E-state index contributed by atoms with van der Waals surface area (Å²) in [6, 6.07) is 5.93. The average Bonchev–Trinajstić information content (AvgIpc) is 2.84. The van der Waals surface area contributed by atoms with Crippen LogP contribution in [0.25, 0.3) is 0 Å². The number of halogens is 2. The molecule has 0 fully saturated rings. The summed E-state index contributed by atoms with van der Waals surface area (Å²) in [5.74, 6) is 0. The van der Waals surface area contributed by atoms with Crippen LogP contribution in [0, 0.1) is 6.92 Å². The average molecular weight is 642 g/mol. The number of hydrogen-bond acceptors (Lipinski definition) is 11. The molecular weight excluding hydrogens is 608 g/mol. The molecule has 0 spiro atoms. The summed E-state index contributed by atoms with van der Waals surface area (Å²) in [7, 11) is -4.07. The molecule has 1 aromatic carbocycles. The molecule has 11 nitrogen and oxygen atoms in total. The zero-order valence-electron chi connectivity index (χ0n) is 18.7. The standard InChI is InChI=1S/C14H22O7S.C6H12Br2O4/c1-3-11(15)13(17)14(18)12(16)8-21-22(19,20)10-6-4-9(2)5-7-10;7-1-3(9)5(11)6(12)4(10)2-8/h4-7,11-18H,3,8H2,1-2H3;3-6,9-12H,1-2H2/t11-,12-,13+,14+;3-,4-,5+,6+/m11/s1. The summed E-state index contributed by atoms with van der Waals surface area (Å²) in [6.45, 7) is 2.66. The third-order valence-electron chi connectivity index (χ3n) is 4.71. The van der Waals surface area contributed by atoms with E-state index in [1.807, 2.05) is 0 Å². The van der Waals surface area contributed by atoms with Crippen LogP contribution < -0.4 is 0 Å². The molecule has 0 saturated heterocycles. The van der Waals surface area contributed by atoms with Crippen molar-refractivity contribution >= 4 is 42.0 Å². The number of alkyl halides is 2. The van der Waals surface area contributed by atoms with E-state index in [0.29, 0.717) is 0 Å². The maximum absolute atomic E-state index is 11.9. The van der Waals surface area contributed by atoms with Crippen molar-refractivity contribution in [2.24, 2.45) is 0 Å². The lowest BCUT2D eigenvalue weighted by Crippen LogP contribution is -2.46.